The van der Waals surface area contributed by atoms with Crippen molar-refractivity contribution < 1.29 is 9.53 Å². The number of aromatic nitrogens is 2. The zero-order chi connectivity index (χ0) is 15.1. The van der Waals surface area contributed by atoms with Gasteiger partial charge < -0.3 is 19.9 Å². The van der Waals surface area contributed by atoms with Gasteiger partial charge in [-0.15, -0.1) is 0 Å². The summed E-state index contributed by atoms with van der Waals surface area (Å²) in [5, 5.41) is 5.63. The van der Waals surface area contributed by atoms with E-state index in [9.17, 15) is 4.79 Å². The van der Waals surface area contributed by atoms with Gasteiger partial charge in [0.05, 0.1) is 13.4 Å². The third kappa shape index (κ3) is 4.52. The number of imidazole rings is 1. The van der Waals surface area contributed by atoms with Crippen LogP contribution in [0.5, 0.6) is 5.75 Å². The lowest BCUT2D eigenvalue weighted by Crippen LogP contribution is -2.30. The molecule has 0 aliphatic carbocycles. The summed E-state index contributed by atoms with van der Waals surface area (Å²) in [7, 11) is 1.63. The summed E-state index contributed by atoms with van der Waals surface area (Å²) in [4.78, 5) is 15.7. The Labute approximate surface area is 124 Å². The van der Waals surface area contributed by atoms with Crippen molar-refractivity contribution in [3.05, 3.63) is 42.5 Å². The van der Waals surface area contributed by atoms with Gasteiger partial charge in [0.15, 0.2) is 0 Å². The molecule has 0 atom stereocenters. The van der Waals surface area contributed by atoms with Crippen molar-refractivity contribution in [1.29, 1.82) is 0 Å². The van der Waals surface area contributed by atoms with Gasteiger partial charge in [0.1, 0.15) is 5.75 Å². The maximum absolute atomic E-state index is 11.8. The first-order chi connectivity index (χ1) is 10.2. The van der Waals surface area contributed by atoms with Crippen molar-refractivity contribution in [2.75, 3.05) is 19.0 Å². The molecule has 2 amide bonds. The Kier molecular flexibility index (Phi) is 5.20. The fraction of sp³-hybridized carbons (Fsp3) is 0.333. The molecule has 1 aromatic heterocycles. The summed E-state index contributed by atoms with van der Waals surface area (Å²) in [5.41, 5.74) is 1.73. The zero-order valence-corrected chi connectivity index (χ0v) is 12.3. The molecule has 6 nitrogen and oxygen atoms in total. The van der Waals surface area contributed by atoms with Crippen LogP contribution in [0.4, 0.5) is 10.5 Å². The van der Waals surface area contributed by atoms with E-state index in [1.807, 2.05) is 35.9 Å². The van der Waals surface area contributed by atoms with Gasteiger partial charge in [-0.1, -0.05) is 0 Å². The molecule has 1 aromatic carbocycles. The number of rotatable bonds is 6. The highest BCUT2D eigenvalue weighted by Crippen LogP contribution is 2.21. The van der Waals surface area contributed by atoms with E-state index in [0.717, 1.165) is 30.0 Å². The third-order valence-electron chi connectivity index (χ3n) is 3.09. The number of carbonyl (C=O) groups excluding carboxylic acids is 1. The van der Waals surface area contributed by atoms with Gasteiger partial charge in [-0.05, 0) is 37.1 Å². The predicted octanol–water partition coefficient (Wildman–Crippen LogP) is 2.41. The largest absolute Gasteiger partial charge is 0.496 e. The molecule has 0 unspecified atom stereocenters. The van der Waals surface area contributed by atoms with E-state index in [-0.39, 0.29) is 6.03 Å². The smallest absolute Gasteiger partial charge is 0.319 e. The molecule has 0 fully saturated rings. The Morgan fingerprint density at radius 1 is 1.43 bits per heavy atom. The Morgan fingerprint density at radius 2 is 2.29 bits per heavy atom. The highest BCUT2D eigenvalue weighted by molar-refractivity contribution is 5.89. The molecule has 2 rings (SSSR count). The molecule has 1 heterocycles. The SMILES string of the molecule is COc1ccc(NC(=O)NCCCn2ccnc2)cc1C. The fourth-order valence-corrected chi connectivity index (χ4v) is 2.01. The number of nitrogens with zero attached hydrogens (tertiary/aromatic N) is 2. The Balaban J connectivity index is 1.72. The minimum atomic E-state index is -0.204. The summed E-state index contributed by atoms with van der Waals surface area (Å²) in [5.74, 6) is 0.807. The summed E-state index contributed by atoms with van der Waals surface area (Å²) < 4.78 is 7.16. The maximum Gasteiger partial charge on any atom is 0.319 e. The van der Waals surface area contributed by atoms with Crippen LogP contribution in [0.1, 0.15) is 12.0 Å². The fourth-order valence-electron chi connectivity index (χ4n) is 2.01. The average Bonchev–Trinajstić information content (AvgIpc) is 2.97. The van der Waals surface area contributed by atoms with Crippen molar-refractivity contribution >= 4 is 11.7 Å². The summed E-state index contributed by atoms with van der Waals surface area (Å²) in [6.07, 6.45) is 6.26. The van der Waals surface area contributed by atoms with Gasteiger partial charge in [-0.25, -0.2) is 9.78 Å². The quantitative estimate of drug-likeness (QED) is 0.802. The zero-order valence-electron chi connectivity index (χ0n) is 12.3. The summed E-state index contributed by atoms with van der Waals surface area (Å²) >= 11 is 0. The van der Waals surface area contributed by atoms with Crippen molar-refractivity contribution in [3.8, 4) is 5.75 Å². The second kappa shape index (κ2) is 7.33. The molecular formula is C15H20N4O2. The predicted molar refractivity (Wildman–Crippen MR) is 81.6 cm³/mol. The van der Waals surface area contributed by atoms with Crippen LogP contribution < -0.4 is 15.4 Å². The van der Waals surface area contributed by atoms with Crippen LogP contribution in [0.15, 0.2) is 36.9 Å². The van der Waals surface area contributed by atoms with Crippen LogP contribution >= 0.6 is 0 Å². The van der Waals surface area contributed by atoms with Crippen LogP contribution in [-0.2, 0) is 6.54 Å². The number of anilines is 1. The highest BCUT2D eigenvalue weighted by Gasteiger charge is 2.03. The van der Waals surface area contributed by atoms with E-state index < -0.39 is 0 Å². The van der Waals surface area contributed by atoms with Crippen molar-refractivity contribution in [2.45, 2.75) is 19.9 Å². The number of amides is 2. The number of benzene rings is 1. The van der Waals surface area contributed by atoms with Gasteiger partial charge >= 0.3 is 6.03 Å². The maximum atomic E-state index is 11.8. The standard InChI is InChI=1S/C15H20N4O2/c1-12-10-13(4-5-14(12)21-2)18-15(20)17-6-3-8-19-9-7-16-11-19/h4-5,7,9-11H,3,6,8H2,1-2H3,(H2,17,18,20). The van der Waals surface area contributed by atoms with Gasteiger partial charge in [0, 0.05) is 31.2 Å². The Morgan fingerprint density at radius 3 is 2.95 bits per heavy atom. The second-order valence-electron chi connectivity index (χ2n) is 4.72. The van der Waals surface area contributed by atoms with Crippen LogP contribution in [-0.4, -0.2) is 29.2 Å². The highest BCUT2D eigenvalue weighted by atomic mass is 16.5. The minimum Gasteiger partial charge on any atom is -0.496 e. The number of urea groups is 1. The molecule has 21 heavy (non-hydrogen) atoms. The van der Waals surface area contributed by atoms with Crippen LogP contribution in [0.25, 0.3) is 0 Å². The Bertz CT molecular complexity index is 581. The normalized spacial score (nSPS) is 10.2. The third-order valence-corrected chi connectivity index (χ3v) is 3.09. The molecule has 0 aliphatic heterocycles. The average molecular weight is 288 g/mol. The lowest BCUT2D eigenvalue weighted by atomic mass is 10.2. The number of carbonyl (C=O) groups is 1. The van der Waals surface area contributed by atoms with E-state index in [4.69, 9.17) is 4.74 Å². The summed E-state index contributed by atoms with van der Waals surface area (Å²) in [6.45, 7) is 3.38. The molecule has 112 valence electrons. The molecule has 0 bridgehead atoms. The van der Waals surface area contributed by atoms with Gasteiger partial charge in [0.2, 0.25) is 0 Å². The topological polar surface area (TPSA) is 68.2 Å². The minimum absolute atomic E-state index is 0.204. The van der Waals surface area contributed by atoms with Gasteiger partial charge in [-0.2, -0.15) is 0 Å². The number of hydrogen-bond donors (Lipinski definition) is 2. The van der Waals surface area contributed by atoms with Crippen LogP contribution in [0.3, 0.4) is 0 Å². The first-order valence-corrected chi connectivity index (χ1v) is 6.84. The lowest BCUT2D eigenvalue weighted by molar-refractivity contribution is 0.252. The monoisotopic (exact) mass is 288 g/mol. The molecule has 0 aliphatic rings. The van der Waals surface area contributed by atoms with Gasteiger partial charge in [-0.3, -0.25) is 0 Å². The van der Waals surface area contributed by atoms with Gasteiger partial charge in [0.25, 0.3) is 0 Å². The first kappa shape index (κ1) is 14.9. The first-order valence-electron chi connectivity index (χ1n) is 6.84. The molecule has 2 N–H and O–H groups in total. The van der Waals surface area contributed by atoms with E-state index in [1.54, 1.807) is 19.6 Å². The van der Waals surface area contributed by atoms with E-state index >= 15 is 0 Å². The molecule has 0 saturated carbocycles. The molecular weight excluding hydrogens is 268 g/mol. The van der Waals surface area contributed by atoms with Crippen LogP contribution in [0.2, 0.25) is 0 Å². The molecule has 2 aromatic rings. The number of methoxy groups -OCH3 is 1. The molecule has 6 heteroatoms. The number of aryl methyl sites for hydroxylation is 2. The van der Waals surface area contributed by atoms with E-state index in [1.165, 1.54) is 0 Å². The van der Waals surface area contributed by atoms with Crippen molar-refractivity contribution in [1.82, 2.24) is 14.9 Å². The van der Waals surface area contributed by atoms with E-state index in [0.29, 0.717) is 6.54 Å². The van der Waals surface area contributed by atoms with Crippen LogP contribution in [0, 0.1) is 6.92 Å². The summed E-state index contributed by atoms with van der Waals surface area (Å²) in [6, 6.07) is 5.33. The van der Waals surface area contributed by atoms with Crippen molar-refractivity contribution in [2.24, 2.45) is 0 Å². The second-order valence-corrected chi connectivity index (χ2v) is 4.72. The lowest BCUT2D eigenvalue weighted by Gasteiger charge is -2.10. The molecule has 0 saturated heterocycles. The number of ether oxygens (including phenoxy) is 1. The number of nitrogens with one attached hydrogen (secondary N) is 2. The Hall–Kier alpha value is -2.50. The molecule has 0 spiro atoms. The van der Waals surface area contributed by atoms with E-state index in [2.05, 4.69) is 15.6 Å². The molecule has 0 radical (unpaired) electrons. The number of hydrogen-bond acceptors (Lipinski definition) is 3. The van der Waals surface area contributed by atoms with Crippen molar-refractivity contribution in [3.63, 3.8) is 0 Å².